The molecule has 98 valence electrons. The lowest BCUT2D eigenvalue weighted by molar-refractivity contribution is -0.127. The predicted octanol–water partition coefficient (Wildman–Crippen LogP) is 2.10. The molecule has 17 heavy (non-hydrogen) atoms. The van der Waals surface area contributed by atoms with E-state index in [1.165, 1.54) is 12.8 Å². The van der Waals surface area contributed by atoms with Gasteiger partial charge in [0.25, 0.3) is 0 Å². The molecule has 0 amide bonds. The molecule has 2 fully saturated rings. The topological polar surface area (TPSA) is 29.5 Å². The summed E-state index contributed by atoms with van der Waals surface area (Å²) in [5, 5.41) is 0. The number of hydrogen-bond acceptors (Lipinski definition) is 3. The first-order chi connectivity index (χ1) is 8.17. The van der Waals surface area contributed by atoms with Crippen LogP contribution < -0.4 is 0 Å². The van der Waals surface area contributed by atoms with Gasteiger partial charge in [0.15, 0.2) is 0 Å². The van der Waals surface area contributed by atoms with Gasteiger partial charge in [0.1, 0.15) is 6.29 Å². The van der Waals surface area contributed by atoms with Gasteiger partial charge in [0.05, 0.1) is 12.0 Å². The molecule has 2 heterocycles. The monoisotopic (exact) mass is 239 g/mol. The molecule has 0 spiro atoms. The van der Waals surface area contributed by atoms with Crippen molar-refractivity contribution >= 4 is 6.29 Å². The van der Waals surface area contributed by atoms with Crippen molar-refractivity contribution in [3.8, 4) is 0 Å². The van der Waals surface area contributed by atoms with E-state index in [-0.39, 0.29) is 5.41 Å². The van der Waals surface area contributed by atoms with E-state index in [1.807, 2.05) is 0 Å². The van der Waals surface area contributed by atoms with E-state index >= 15 is 0 Å². The predicted molar refractivity (Wildman–Crippen MR) is 68.0 cm³/mol. The maximum absolute atomic E-state index is 11.4. The molecule has 0 bridgehead atoms. The molecule has 3 nitrogen and oxygen atoms in total. The van der Waals surface area contributed by atoms with Gasteiger partial charge < -0.3 is 9.53 Å². The molecule has 3 atom stereocenters. The third-order valence-electron chi connectivity index (χ3n) is 4.63. The quantitative estimate of drug-likeness (QED) is 0.706. The Hall–Kier alpha value is -0.410. The second-order valence-corrected chi connectivity index (χ2v) is 5.97. The zero-order valence-corrected chi connectivity index (χ0v) is 11.2. The van der Waals surface area contributed by atoms with Crippen LogP contribution in [-0.4, -0.2) is 43.5 Å². The second kappa shape index (κ2) is 5.49. The molecule has 0 aromatic rings. The first-order valence-corrected chi connectivity index (χ1v) is 6.95. The Balaban J connectivity index is 1.99. The molecule has 2 saturated heterocycles. The molecular weight excluding hydrogens is 214 g/mol. The summed E-state index contributed by atoms with van der Waals surface area (Å²) in [7, 11) is 0. The highest BCUT2D eigenvalue weighted by Gasteiger charge is 2.37. The SMILES string of the molecule is CC1CCCN(CC2(C=O)CCCOC2)C1C. The van der Waals surface area contributed by atoms with Gasteiger partial charge in [0, 0.05) is 19.2 Å². The first kappa shape index (κ1) is 13.0. The molecule has 2 rings (SSSR count). The number of carbonyl (C=O) groups excluding carboxylic acids is 1. The van der Waals surface area contributed by atoms with Crippen LogP contribution in [-0.2, 0) is 9.53 Å². The molecule has 3 heteroatoms. The molecule has 2 aliphatic heterocycles. The van der Waals surface area contributed by atoms with Crippen molar-refractivity contribution < 1.29 is 9.53 Å². The third kappa shape index (κ3) is 2.89. The summed E-state index contributed by atoms with van der Waals surface area (Å²) < 4.78 is 5.52. The molecule has 2 aliphatic rings. The molecule has 0 aliphatic carbocycles. The molecule has 0 saturated carbocycles. The van der Waals surface area contributed by atoms with Crippen molar-refractivity contribution in [2.24, 2.45) is 11.3 Å². The third-order valence-corrected chi connectivity index (χ3v) is 4.63. The zero-order valence-electron chi connectivity index (χ0n) is 11.2. The van der Waals surface area contributed by atoms with Gasteiger partial charge in [-0.05, 0) is 45.1 Å². The number of ether oxygens (including phenoxy) is 1. The van der Waals surface area contributed by atoms with Crippen molar-refractivity contribution in [3.63, 3.8) is 0 Å². The van der Waals surface area contributed by atoms with Crippen LogP contribution in [0, 0.1) is 11.3 Å². The van der Waals surface area contributed by atoms with Crippen molar-refractivity contribution in [2.45, 2.75) is 45.6 Å². The van der Waals surface area contributed by atoms with Crippen molar-refractivity contribution in [1.82, 2.24) is 4.90 Å². The normalized spacial score (nSPS) is 40.1. The Bertz CT molecular complexity index is 261. The molecule has 3 unspecified atom stereocenters. The Labute approximate surface area is 105 Å². The summed E-state index contributed by atoms with van der Waals surface area (Å²) in [6.45, 7) is 8.09. The van der Waals surface area contributed by atoms with Gasteiger partial charge in [-0.1, -0.05) is 6.92 Å². The second-order valence-electron chi connectivity index (χ2n) is 5.97. The standard InChI is InChI=1S/C14H25NO2/c1-12-5-3-7-15(13(12)2)9-14(10-16)6-4-8-17-11-14/h10,12-13H,3-9,11H2,1-2H3. The van der Waals surface area contributed by atoms with E-state index in [4.69, 9.17) is 4.74 Å². The molecule has 0 aromatic carbocycles. The summed E-state index contributed by atoms with van der Waals surface area (Å²) in [6, 6.07) is 0.600. The highest BCUT2D eigenvalue weighted by atomic mass is 16.5. The smallest absolute Gasteiger partial charge is 0.129 e. The average Bonchev–Trinajstić information content (AvgIpc) is 2.36. The van der Waals surface area contributed by atoms with Crippen molar-refractivity contribution in [3.05, 3.63) is 0 Å². The van der Waals surface area contributed by atoms with Gasteiger partial charge >= 0.3 is 0 Å². The maximum atomic E-state index is 11.4. The van der Waals surface area contributed by atoms with Crippen LogP contribution in [0.4, 0.5) is 0 Å². The Morgan fingerprint density at radius 1 is 1.41 bits per heavy atom. The first-order valence-electron chi connectivity index (χ1n) is 6.95. The van der Waals surface area contributed by atoms with Crippen LogP contribution in [0.15, 0.2) is 0 Å². The Morgan fingerprint density at radius 3 is 2.88 bits per heavy atom. The van der Waals surface area contributed by atoms with E-state index in [9.17, 15) is 4.79 Å². The van der Waals surface area contributed by atoms with E-state index < -0.39 is 0 Å². The minimum atomic E-state index is -0.233. The number of piperidine rings is 1. The highest BCUT2D eigenvalue weighted by molar-refractivity contribution is 5.60. The van der Waals surface area contributed by atoms with E-state index in [0.29, 0.717) is 12.6 Å². The van der Waals surface area contributed by atoms with Crippen LogP contribution >= 0.6 is 0 Å². The molecule has 0 N–H and O–H groups in total. The minimum Gasteiger partial charge on any atom is -0.380 e. The fourth-order valence-electron chi connectivity index (χ4n) is 3.18. The van der Waals surface area contributed by atoms with Gasteiger partial charge in [-0.25, -0.2) is 0 Å². The molecule has 0 radical (unpaired) electrons. The summed E-state index contributed by atoms with van der Waals surface area (Å²) >= 11 is 0. The summed E-state index contributed by atoms with van der Waals surface area (Å²) in [4.78, 5) is 13.9. The number of rotatable bonds is 3. The number of likely N-dealkylation sites (tertiary alicyclic amines) is 1. The zero-order chi connectivity index (χ0) is 12.3. The van der Waals surface area contributed by atoms with Crippen LogP contribution in [0.2, 0.25) is 0 Å². The summed E-state index contributed by atoms with van der Waals surface area (Å²) in [6.07, 6.45) is 5.76. The maximum Gasteiger partial charge on any atom is 0.129 e. The van der Waals surface area contributed by atoms with Gasteiger partial charge in [-0.3, -0.25) is 4.90 Å². The fourth-order valence-corrected chi connectivity index (χ4v) is 3.18. The average molecular weight is 239 g/mol. The lowest BCUT2D eigenvalue weighted by Crippen LogP contribution is -2.51. The van der Waals surface area contributed by atoms with Gasteiger partial charge in [-0.15, -0.1) is 0 Å². The van der Waals surface area contributed by atoms with Crippen LogP contribution in [0.25, 0.3) is 0 Å². The number of aldehydes is 1. The van der Waals surface area contributed by atoms with Gasteiger partial charge in [-0.2, -0.15) is 0 Å². The van der Waals surface area contributed by atoms with Crippen LogP contribution in [0.5, 0.6) is 0 Å². The van der Waals surface area contributed by atoms with E-state index in [2.05, 4.69) is 18.7 Å². The number of nitrogens with zero attached hydrogens (tertiary/aromatic N) is 1. The lowest BCUT2D eigenvalue weighted by atomic mass is 9.81. The van der Waals surface area contributed by atoms with Crippen LogP contribution in [0.1, 0.15) is 39.5 Å². The summed E-state index contributed by atoms with van der Waals surface area (Å²) in [5.41, 5.74) is -0.233. The van der Waals surface area contributed by atoms with Crippen LogP contribution in [0.3, 0.4) is 0 Å². The van der Waals surface area contributed by atoms with E-state index in [0.717, 1.165) is 44.7 Å². The molecular formula is C14H25NO2. The van der Waals surface area contributed by atoms with Crippen molar-refractivity contribution in [1.29, 1.82) is 0 Å². The minimum absolute atomic E-state index is 0.233. The summed E-state index contributed by atoms with van der Waals surface area (Å²) in [5.74, 6) is 0.747. The highest BCUT2D eigenvalue weighted by Crippen LogP contribution is 2.31. The van der Waals surface area contributed by atoms with E-state index in [1.54, 1.807) is 0 Å². The van der Waals surface area contributed by atoms with Gasteiger partial charge in [0.2, 0.25) is 0 Å². The fraction of sp³-hybridized carbons (Fsp3) is 0.929. The lowest BCUT2D eigenvalue weighted by Gasteiger charge is -2.43. The largest absolute Gasteiger partial charge is 0.380 e. The Kier molecular flexibility index (Phi) is 4.21. The van der Waals surface area contributed by atoms with Crippen molar-refractivity contribution in [2.75, 3.05) is 26.3 Å². The number of hydrogen-bond donors (Lipinski definition) is 0. The Morgan fingerprint density at radius 2 is 2.24 bits per heavy atom. The molecule has 0 aromatic heterocycles. The number of carbonyl (C=O) groups is 1.